The third-order valence-corrected chi connectivity index (χ3v) is 5.62. The van der Waals surface area contributed by atoms with Crippen LogP contribution in [0.25, 0.3) is 0 Å². The maximum absolute atomic E-state index is 14.5. The fraction of sp³-hybridized carbons (Fsp3) is 0.375. The van der Waals surface area contributed by atoms with Crippen molar-refractivity contribution in [3.63, 3.8) is 0 Å². The molecular weight excluding hydrogens is 400 g/mol. The number of hydrogen-bond acceptors (Lipinski definition) is 5. The number of carbonyl (C=O) groups excluding carboxylic acids is 1. The quantitative estimate of drug-likeness (QED) is 0.702. The SMILES string of the molecule is CC.COC(=O)C1=C(C)NC(c2ncc(F)cc2F)=NC12CC(C)(C)c1ccccc12. The third-order valence-electron chi connectivity index (χ3n) is 5.62. The Bertz CT molecular complexity index is 1090. The van der Waals surface area contributed by atoms with Crippen LogP contribution in [-0.4, -0.2) is 23.9 Å². The van der Waals surface area contributed by atoms with Gasteiger partial charge < -0.3 is 10.1 Å². The minimum atomic E-state index is -1.06. The second kappa shape index (κ2) is 8.21. The number of halogens is 2. The highest BCUT2D eigenvalue weighted by atomic mass is 19.1. The zero-order valence-electron chi connectivity index (χ0n) is 18.6. The highest BCUT2D eigenvalue weighted by Crippen LogP contribution is 2.55. The molecule has 2 heterocycles. The van der Waals surface area contributed by atoms with Gasteiger partial charge in [0.05, 0.1) is 18.9 Å². The number of benzene rings is 1. The molecule has 2 aliphatic rings. The molecule has 164 valence electrons. The van der Waals surface area contributed by atoms with E-state index >= 15 is 0 Å². The van der Waals surface area contributed by atoms with Crippen LogP contribution in [-0.2, 0) is 20.5 Å². The molecule has 2 aromatic rings. The summed E-state index contributed by atoms with van der Waals surface area (Å²) in [5.41, 5.74) is 1.37. The molecule has 0 bridgehead atoms. The fourth-order valence-electron chi connectivity index (χ4n) is 4.54. The van der Waals surface area contributed by atoms with Crippen LogP contribution in [0.2, 0.25) is 0 Å². The number of nitrogens with one attached hydrogen (secondary N) is 1. The largest absolute Gasteiger partial charge is 0.466 e. The third kappa shape index (κ3) is 3.62. The number of hydrogen-bond donors (Lipinski definition) is 1. The first-order valence-electron chi connectivity index (χ1n) is 10.3. The number of ether oxygens (including phenoxy) is 1. The second-order valence-electron chi connectivity index (χ2n) is 8.03. The van der Waals surface area contributed by atoms with Crippen molar-refractivity contribution < 1.29 is 18.3 Å². The molecule has 1 aliphatic heterocycles. The molecule has 31 heavy (non-hydrogen) atoms. The number of carbonyl (C=O) groups is 1. The van der Waals surface area contributed by atoms with Gasteiger partial charge in [0.1, 0.15) is 17.1 Å². The van der Waals surface area contributed by atoms with Crippen LogP contribution in [0.15, 0.2) is 52.8 Å². The highest BCUT2D eigenvalue weighted by molar-refractivity contribution is 6.03. The molecule has 4 rings (SSSR count). The van der Waals surface area contributed by atoms with Gasteiger partial charge in [0, 0.05) is 11.8 Å². The zero-order valence-corrected chi connectivity index (χ0v) is 18.6. The maximum atomic E-state index is 14.5. The number of aromatic nitrogens is 1. The molecule has 7 heteroatoms. The first-order valence-corrected chi connectivity index (χ1v) is 10.3. The van der Waals surface area contributed by atoms with E-state index < -0.39 is 23.1 Å². The van der Waals surface area contributed by atoms with Crippen LogP contribution in [0.1, 0.15) is 57.9 Å². The van der Waals surface area contributed by atoms with Gasteiger partial charge in [-0.05, 0) is 29.9 Å². The number of pyridine rings is 1. The van der Waals surface area contributed by atoms with Gasteiger partial charge in [0.25, 0.3) is 0 Å². The minimum absolute atomic E-state index is 0.101. The molecule has 0 saturated carbocycles. The van der Waals surface area contributed by atoms with Crippen LogP contribution in [0.3, 0.4) is 0 Å². The number of methoxy groups -OCH3 is 1. The Balaban J connectivity index is 0.00000132. The molecule has 0 radical (unpaired) electrons. The van der Waals surface area contributed by atoms with E-state index in [9.17, 15) is 13.6 Å². The van der Waals surface area contributed by atoms with Crippen LogP contribution in [0, 0.1) is 11.6 Å². The summed E-state index contributed by atoms with van der Waals surface area (Å²) in [7, 11) is 1.32. The van der Waals surface area contributed by atoms with Crippen LogP contribution < -0.4 is 5.32 Å². The Morgan fingerprint density at radius 1 is 1.16 bits per heavy atom. The number of nitrogens with zero attached hydrogens (tertiary/aromatic N) is 2. The van der Waals surface area contributed by atoms with Crippen molar-refractivity contribution in [2.24, 2.45) is 4.99 Å². The van der Waals surface area contributed by atoms with Crippen molar-refractivity contribution in [3.05, 3.63) is 76.3 Å². The molecule has 1 atom stereocenters. The number of esters is 1. The van der Waals surface area contributed by atoms with Gasteiger partial charge in [0.15, 0.2) is 11.7 Å². The average Bonchev–Trinajstić information content (AvgIpc) is 2.95. The number of allylic oxidation sites excluding steroid dienone is 1. The summed E-state index contributed by atoms with van der Waals surface area (Å²) in [6.07, 6.45) is 1.44. The first kappa shape index (κ1) is 22.6. The molecule has 1 aromatic carbocycles. The topological polar surface area (TPSA) is 63.6 Å². The molecular formula is C24H27F2N3O2. The predicted molar refractivity (Wildman–Crippen MR) is 116 cm³/mol. The molecule has 5 nitrogen and oxygen atoms in total. The summed E-state index contributed by atoms with van der Waals surface area (Å²) >= 11 is 0. The van der Waals surface area contributed by atoms with E-state index in [1.165, 1.54) is 7.11 Å². The van der Waals surface area contributed by atoms with E-state index in [1.807, 2.05) is 38.1 Å². The fourth-order valence-corrected chi connectivity index (χ4v) is 4.54. The van der Waals surface area contributed by atoms with E-state index in [0.29, 0.717) is 17.7 Å². The van der Waals surface area contributed by atoms with Crippen molar-refractivity contribution in [3.8, 4) is 0 Å². The predicted octanol–water partition coefficient (Wildman–Crippen LogP) is 4.76. The summed E-state index contributed by atoms with van der Waals surface area (Å²) in [5, 5.41) is 2.97. The van der Waals surface area contributed by atoms with Gasteiger partial charge in [-0.15, -0.1) is 0 Å². The maximum Gasteiger partial charge on any atom is 0.338 e. The monoisotopic (exact) mass is 427 g/mol. The molecule has 1 aromatic heterocycles. The van der Waals surface area contributed by atoms with Crippen molar-refractivity contribution in [2.45, 2.75) is 52.0 Å². The Morgan fingerprint density at radius 2 is 1.81 bits per heavy atom. The summed E-state index contributed by atoms with van der Waals surface area (Å²) < 4.78 is 32.9. The second-order valence-corrected chi connectivity index (χ2v) is 8.03. The summed E-state index contributed by atoms with van der Waals surface area (Å²) in [4.78, 5) is 21.5. The lowest BCUT2D eigenvalue weighted by Gasteiger charge is -2.35. The van der Waals surface area contributed by atoms with Gasteiger partial charge in [-0.3, -0.25) is 0 Å². The van der Waals surface area contributed by atoms with E-state index in [0.717, 1.165) is 23.4 Å². The van der Waals surface area contributed by atoms with Crippen LogP contribution in [0.4, 0.5) is 8.78 Å². The van der Waals surface area contributed by atoms with Crippen LogP contribution >= 0.6 is 0 Å². The van der Waals surface area contributed by atoms with Gasteiger partial charge >= 0.3 is 5.97 Å². The number of fused-ring (bicyclic) bond motifs is 2. The molecule has 0 saturated heterocycles. The molecule has 1 N–H and O–H groups in total. The Hall–Kier alpha value is -3.09. The minimum Gasteiger partial charge on any atom is -0.466 e. The van der Waals surface area contributed by atoms with E-state index in [2.05, 4.69) is 24.1 Å². The van der Waals surface area contributed by atoms with E-state index in [1.54, 1.807) is 6.92 Å². The molecule has 0 fully saturated rings. The molecule has 1 spiro atoms. The lowest BCUT2D eigenvalue weighted by Crippen LogP contribution is -2.42. The van der Waals surface area contributed by atoms with E-state index in [-0.39, 0.29) is 16.9 Å². The average molecular weight is 427 g/mol. The van der Waals surface area contributed by atoms with Crippen LogP contribution in [0.5, 0.6) is 0 Å². The summed E-state index contributed by atoms with van der Waals surface area (Å²) in [6, 6.07) is 8.55. The van der Waals surface area contributed by atoms with Crippen molar-refractivity contribution >= 4 is 11.8 Å². The number of aliphatic imine (C=N–C) groups is 1. The van der Waals surface area contributed by atoms with Gasteiger partial charge in [-0.1, -0.05) is 52.0 Å². The summed E-state index contributed by atoms with van der Waals surface area (Å²) in [6.45, 7) is 9.88. The number of amidine groups is 1. The van der Waals surface area contributed by atoms with Crippen molar-refractivity contribution in [1.82, 2.24) is 10.3 Å². The molecule has 0 amide bonds. The normalized spacial score (nSPS) is 21.0. The van der Waals surface area contributed by atoms with Crippen molar-refractivity contribution in [2.75, 3.05) is 7.11 Å². The molecule has 1 aliphatic carbocycles. The highest BCUT2D eigenvalue weighted by Gasteiger charge is 2.54. The summed E-state index contributed by atoms with van der Waals surface area (Å²) in [5.74, 6) is -1.95. The zero-order chi connectivity index (χ0) is 23.0. The Morgan fingerprint density at radius 3 is 2.42 bits per heavy atom. The molecule has 1 unspecified atom stereocenters. The Labute approximate surface area is 181 Å². The first-order chi connectivity index (χ1) is 14.7. The Kier molecular flexibility index (Phi) is 5.98. The lowest BCUT2D eigenvalue weighted by atomic mass is 9.79. The lowest BCUT2D eigenvalue weighted by molar-refractivity contribution is -0.137. The van der Waals surface area contributed by atoms with E-state index in [4.69, 9.17) is 9.73 Å². The van der Waals surface area contributed by atoms with Gasteiger partial charge in [0.2, 0.25) is 0 Å². The van der Waals surface area contributed by atoms with Gasteiger partial charge in [-0.2, -0.15) is 0 Å². The number of rotatable bonds is 2. The van der Waals surface area contributed by atoms with Crippen molar-refractivity contribution in [1.29, 1.82) is 0 Å². The van der Waals surface area contributed by atoms with Gasteiger partial charge in [-0.25, -0.2) is 23.6 Å². The standard InChI is InChI=1S/C22H21F2N3O2.C2H6/c1-12-17(20(28)29-4)22(11-21(2,3)14-7-5-6-8-15(14)22)27-19(26-12)18-16(24)9-13(23)10-25-18;1-2/h5-10H,11H2,1-4H3,(H,26,27);1-2H3. The smallest absolute Gasteiger partial charge is 0.338 e.